The van der Waals surface area contributed by atoms with E-state index in [1.165, 1.54) is 0 Å². The fourth-order valence-electron chi connectivity index (χ4n) is 1.84. The number of carbonyl (C=O) groups is 2. The SMILES string of the molecule is C=C(C)C(=O)[C@H](CC1=CCCC1)NC(=O)O. The second-order valence-corrected chi connectivity index (χ2v) is 4.11. The number of rotatable bonds is 5. The Balaban J connectivity index is 2.66. The van der Waals surface area contributed by atoms with Gasteiger partial charge in [-0.1, -0.05) is 18.2 Å². The van der Waals surface area contributed by atoms with Crippen molar-refractivity contribution < 1.29 is 14.7 Å². The van der Waals surface area contributed by atoms with Crippen molar-refractivity contribution in [2.75, 3.05) is 0 Å². The Bertz CT molecular complexity index is 344. The van der Waals surface area contributed by atoms with Crippen molar-refractivity contribution in [2.45, 2.75) is 38.6 Å². The zero-order valence-corrected chi connectivity index (χ0v) is 9.45. The first-order valence-corrected chi connectivity index (χ1v) is 5.38. The van der Waals surface area contributed by atoms with Crippen LogP contribution in [0, 0.1) is 0 Å². The van der Waals surface area contributed by atoms with Crippen LogP contribution in [0.5, 0.6) is 0 Å². The van der Waals surface area contributed by atoms with Gasteiger partial charge in [-0.2, -0.15) is 0 Å². The van der Waals surface area contributed by atoms with Crippen LogP contribution in [0.25, 0.3) is 0 Å². The normalized spacial score (nSPS) is 16.4. The molecule has 0 bridgehead atoms. The van der Waals surface area contributed by atoms with Gasteiger partial charge in [0.05, 0.1) is 6.04 Å². The van der Waals surface area contributed by atoms with Crippen molar-refractivity contribution in [3.63, 3.8) is 0 Å². The van der Waals surface area contributed by atoms with Gasteiger partial charge < -0.3 is 10.4 Å². The average Bonchev–Trinajstić information content (AvgIpc) is 2.67. The first-order valence-electron chi connectivity index (χ1n) is 5.38. The predicted octanol–water partition coefficient (Wildman–Crippen LogP) is 2.27. The third-order valence-corrected chi connectivity index (χ3v) is 2.64. The highest BCUT2D eigenvalue weighted by molar-refractivity contribution is 6.00. The van der Waals surface area contributed by atoms with Crippen LogP contribution >= 0.6 is 0 Å². The van der Waals surface area contributed by atoms with Crippen LogP contribution in [-0.4, -0.2) is 23.0 Å². The summed E-state index contributed by atoms with van der Waals surface area (Å²) in [5.41, 5.74) is 1.55. The summed E-state index contributed by atoms with van der Waals surface area (Å²) < 4.78 is 0. The maximum absolute atomic E-state index is 11.7. The zero-order valence-electron chi connectivity index (χ0n) is 9.45. The molecular formula is C12H17NO3. The summed E-state index contributed by atoms with van der Waals surface area (Å²) in [7, 11) is 0. The molecule has 0 fully saturated rings. The fourth-order valence-corrected chi connectivity index (χ4v) is 1.84. The van der Waals surface area contributed by atoms with E-state index in [4.69, 9.17) is 5.11 Å². The molecule has 2 N–H and O–H groups in total. The summed E-state index contributed by atoms with van der Waals surface area (Å²) in [6.45, 7) is 5.15. The van der Waals surface area contributed by atoms with Crippen molar-refractivity contribution in [3.8, 4) is 0 Å². The minimum atomic E-state index is -1.17. The largest absolute Gasteiger partial charge is 0.465 e. The van der Waals surface area contributed by atoms with E-state index in [0.29, 0.717) is 12.0 Å². The van der Waals surface area contributed by atoms with E-state index in [9.17, 15) is 9.59 Å². The lowest BCUT2D eigenvalue weighted by atomic mass is 9.99. The maximum Gasteiger partial charge on any atom is 0.405 e. The minimum absolute atomic E-state index is 0.227. The van der Waals surface area contributed by atoms with Crippen LogP contribution in [0.3, 0.4) is 0 Å². The number of hydrogen-bond donors (Lipinski definition) is 2. The number of carbonyl (C=O) groups excluding carboxylic acids is 1. The van der Waals surface area contributed by atoms with Gasteiger partial charge in [-0.15, -0.1) is 0 Å². The molecule has 0 saturated carbocycles. The number of carboxylic acid groups (broad SMARTS) is 1. The molecule has 16 heavy (non-hydrogen) atoms. The Morgan fingerprint density at radius 2 is 2.31 bits per heavy atom. The van der Waals surface area contributed by atoms with Crippen LogP contribution in [-0.2, 0) is 4.79 Å². The summed E-state index contributed by atoms with van der Waals surface area (Å²) in [5, 5.41) is 10.9. The van der Waals surface area contributed by atoms with E-state index in [2.05, 4.69) is 18.0 Å². The van der Waals surface area contributed by atoms with Gasteiger partial charge in [0.15, 0.2) is 5.78 Å². The minimum Gasteiger partial charge on any atom is -0.465 e. The summed E-state index contributed by atoms with van der Waals surface area (Å²) >= 11 is 0. The fraction of sp³-hybridized carbons (Fsp3) is 0.500. The maximum atomic E-state index is 11.7. The number of hydrogen-bond acceptors (Lipinski definition) is 2. The summed E-state index contributed by atoms with van der Waals surface area (Å²) in [4.78, 5) is 22.3. The molecular weight excluding hydrogens is 206 g/mol. The molecule has 1 aliphatic rings. The first kappa shape index (κ1) is 12.5. The molecule has 0 aromatic carbocycles. The standard InChI is InChI=1S/C12H17NO3/c1-8(2)11(14)10(13-12(15)16)7-9-5-3-4-6-9/h5,10,13H,1,3-4,6-7H2,2H3,(H,15,16)/t10-/m0/s1. The Labute approximate surface area is 95.0 Å². The average molecular weight is 223 g/mol. The molecule has 0 saturated heterocycles. The summed E-state index contributed by atoms with van der Waals surface area (Å²) in [6, 6.07) is -0.681. The number of ketones is 1. The van der Waals surface area contributed by atoms with Crippen LogP contribution in [0.2, 0.25) is 0 Å². The predicted molar refractivity (Wildman–Crippen MR) is 61.3 cm³/mol. The van der Waals surface area contributed by atoms with E-state index in [1.54, 1.807) is 6.92 Å². The Morgan fingerprint density at radius 3 is 2.75 bits per heavy atom. The van der Waals surface area contributed by atoms with Gasteiger partial charge in [0.1, 0.15) is 0 Å². The molecule has 0 spiro atoms. The van der Waals surface area contributed by atoms with Crippen LogP contribution in [0.1, 0.15) is 32.6 Å². The number of nitrogens with one attached hydrogen (secondary N) is 1. The quantitative estimate of drug-likeness (QED) is 0.555. The molecule has 4 nitrogen and oxygen atoms in total. The third kappa shape index (κ3) is 3.53. The molecule has 0 heterocycles. The van der Waals surface area contributed by atoms with E-state index >= 15 is 0 Å². The molecule has 1 rings (SSSR count). The smallest absolute Gasteiger partial charge is 0.405 e. The highest BCUT2D eigenvalue weighted by Crippen LogP contribution is 2.22. The summed E-state index contributed by atoms with van der Waals surface area (Å²) in [5.74, 6) is -0.227. The second kappa shape index (κ2) is 5.49. The van der Waals surface area contributed by atoms with Gasteiger partial charge in [0.25, 0.3) is 0 Å². The Hall–Kier alpha value is -1.58. The molecule has 0 aliphatic heterocycles. The van der Waals surface area contributed by atoms with Crippen molar-refractivity contribution in [2.24, 2.45) is 0 Å². The topological polar surface area (TPSA) is 66.4 Å². The lowest BCUT2D eigenvalue weighted by Crippen LogP contribution is -2.40. The molecule has 0 unspecified atom stereocenters. The van der Waals surface area contributed by atoms with Crippen molar-refractivity contribution in [3.05, 3.63) is 23.8 Å². The van der Waals surface area contributed by atoms with Crippen LogP contribution < -0.4 is 5.32 Å². The van der Waals surface area contributed by atoms with Crippen LogP contribution in [0.4, 0.5) is 4.79 Å². The third-order valence-electron chi connectivity index (χ3n) is 2.64. The zero-order chi connectivity index (χ0) is 12.1. The van der Waals surface area contributed by atoms with Crippen molar-refractivity contribution >= 4 is 11.9 Å². The lowest BCUT2D eigenvalue weighted by Gasteiger charge is -2.16. The second-order valence-electron chi connectivity index (χ2n) is 4.11. The molecule has 4 heteroatoms. The van der Waals surface area contributed by atoms with Gasteiger partial charge in [-0.05, 0) is 38.2 Å². The van der Waals surface area contributed by atoms with Gasteiger partial charge >= 0.3 is 6.09 Å². The monoisotopic (exact) mass is 223 g/mol. The molecule has 1 amide bonds. The van der Waals surface area contributed by atoms with Gasteiger partial charge in [0.2, 0.25) is 0 Å². The number of Topliss-reactive ketones (excluding diaryl/α,β-unsaturated/α-hetero) is 1. The van der Waals surface area contributed by atoms with Gasteiger partial charge in [-0.3, -0.25) is 4.79 Å². The molecule has 1 aliphatic carbocycles. The van der Waals surface area contributed by atoms with E-state index in [1.807, 2.05) is 0 Å². The number of amides is 1. The van der Waals surface area contributed by atoms with Gasteiger partial charge in [0, 0.05) is 0 Å². The Kier molecular flexibility index (Phi) is 4.28. The Morgan fingerprint density at radius 1 is 1.62 bits per heavy atom. The van der Waals surface area contributed by atoms with Crippen molar-refractivity contribution in [1.29, 1.82) is 0 Å². The molecule has 0 aromatic heterocycles. The molecule has 1 atom stereocenters. The van der Waals surface area contributed by atoms with E-state index in [0.717, 1.165) is 24.8 Å². The summed E-state index contributed by atoms with van der Waals surface area (Å²) in [6.07, 6.45) is 4.46. The number of allylic oxidation sites excluding steroid dienone is 1. The first-order chi connectivity index (χ1) is 7.50. The van der Waals surface area contributed by atoms with E-state index in [-0.39, 0.29) is 5.78 Å². The molecule has 88 valence electrons. The highest BCUT2D eigenvalue weighted by atomic mass is 16.4. The molecule has 0 aromatic rings. The molecule has 0 radical (unpaired) electrons. The highest BCUT2D eigenvalue weighted by Gasteiger charge is 2.22. The van der Waals surface area contributed by atoms with Crippen LogP contribution in [0.15, 0.2) is 23.8 Å². The van der Waals surface area contributed by atoms with Crippen molar-refractivity contribution in [1.82, 2.24) is 5.32 Å². The van der Waals surface area contributed by atoms with E-state index < -0.39 is 12.1 Å². The van der Waals surface area contributed by atoms with Gasteiger partial charge in [-0.25, -0.2) is 4.79 Å². The lowest BCUT2D eigenvalue weighted by molar-refractivity contribution is -0.117.